The number of carbonyl (C=O) groups is 1. The van der Waals surface area contributed by atoms with Crippen LogP contribution < -0.4 is 5.84 Å². The second-order valence-corrected chi connectivity index (χ2v) is 7.86. The van der Waals surface area contributed by atoms with Crippen molar-refractivity contribution in [2.75, 3.05) is 11.6 Å². The fourth-order valence-electron chi connectivity index (χ4n) is 2.60. The van der Waals surface area contributed by atoms with Crippen molar-refractivity contribution in [2.45, 2.75) is 44.9 Å². The number of hydrogen-bond acceptors (Lipinski definition) is 5. The lowest BCUT2D eigenvalue weighted by Crippen LogP contribution is -2.43. The van der Waals surface area contributed by atoms with Crippen molar-refractivity contribution in [3.05, 3.63) is 28.2 Å². The highest BCUT2D eigenvalue weighted by Crippen LogP contribution is 2.30. The Labute approximate surface area is 161 Å². The summed E-state index contributed by atoms with van der Waals surface area (Å²) < 4.78 is 1.32. The minimum absolute atomic E-state index is 0.0281. The Hall–Kier alpha value is -1.44. The van der Waals surface area contributed by atoms with Crippen molar-refractivity contribution in [1.29, 1.82) is 0 Å². The summed E-state index contributed by atoms with van der Waals surface area (Å²) in [7, 11) is 0. The summed E-state index contributed by atoms with van der Waals surface area (Å²) in [5, 5.41) is 9.58. The molecule has 0 saturated carbocycles. The summed E-state index contributed by atoms with van der Waals surface area (Å²) in [6.45, 7) is 7.97. The average Bonchev–Trinajstić information content (AvgIpc) is 2.88. The van der Waals surface area contributed by atoms with Crippen molar-refractivity contribution < 1.29 is 4.79 Å². The number of aromatic nitrogens is 3. The Balaban J connectivity index is 2.17. The number of halogens is 2. The largest absolute Gasteiger partial charge is 0.337 e. The van der Waals surface area contributed by atoms with Gasteiger partial charge in [0.05, 0.1) is 10.8 Å². The van der Waals surface area contributed by atoms with Crippen LogP contribution >= 0.6 is 35.0 Å². The zero-order chi connectivity index (χ0) is 18.7. The summed E-state index contributed by atoms with van der Waals surface area (Å²) in [4.78, 5) is 14.3. The first-order valence-electron chi connectivity index (χ1n) is 7.82. The number of nitrogens with two attached hydrogens (primary N) is 1. The number of nitrogen functional groups attached to an aromatic ring is 1. The third kappa shape index (κ3) is 4.59. The average molecular weight is 402 g/mol. The number of thioether (sulfide) groups is 1. The van der Waals surface area contributed by atoms with E-state index in [1.54, 1.807) is 18.2 Å². The molecule has 25 heavy (non-hydrogen) atoms. The topological polar surface area (TPSA) is 77.0 Å². The van der Waals surface area contributed by atoms with Gasteiger partial charge in [-0.25, -0.2) is 4.68 Å². The molecule has 9 heteroatoms. The monoisotopic (exact) mass is 401 g/mol. The summed E-state index contributed by atoms with van der Waals surface area (Å²) in [5.74, 6) is 6.74. The molecule has 0 saturated heterocycles. The van der Waals surface area contributed by atoms with E-state index in [0.717, 1.165) is 0 Å². The molecule has 0 aliphatic carbocycles. The first-order valence-corrected chi connectivity index (χ1v) is 9.56. The van der Waals surface area contributed by atoms with Gasteiger partial charge in [-0.2, -0.15) is 0 Å². The third-order valence-electron chi connectivity index (χ3n) is 3.56. The summed E-state index contributed by atoms with van der Waals surface area (Å²) in [6.07, 6.45) is 0. The van der Waals surface area contributed by atoms with E-state index in [1.165, 1.54) is 16.4 Å². The molecule has 2 aromatic rings. The maximum atomic E-state index is 12.5. The molecular formula is C16H21Cl2N5OS. The van der Waals surface area contributed by atoms with E-state index < -0.39 is 0 Å². The van der Waals surface area contributed by atoms with Crippen LogP contribution in [-0.2, 0) is 4.79 Å². The van der Waals surface area contributed by atoms with E-state index in [4.69, 9.17) is 29.0 Å². The minimum atomic E-state index is 0.0281. The second kappa shape index (κ2) is 8.29. The number of rotatable bonds is 6. The van der Waals surface area contributed by atoms with Crippen LogP contribution in [0.5, 0.6) is 0 Å². The Kier molecular flexibility index (Phi) is 6.59. The lowest BCUT2D eigenvalue weighted by Gasteiger charge is -2.30. The zero-order valence-corrected chi connectivity index (χ0v) is 16.9. The fraction of sp³-hybridized carbons (Fsp3) is 0.438. The van der Waals surface area contributed by atoms with Crippen LogP contribution in [0.3, 0.4) is 0 Å². The minimum Gasteiger partial charge on any atom is -0.337 e. The van der Waals surface area contributed by atoms with Crippen LogP contribution in [-0.4, -0.2) is 43.5 Å². The quantitative estimate of drug-likeness (QED) is 0.589. The van der Waals surface area contributed by atoms with Crippen molar-refractivity contribution in [2.24, 2.45) is 0 Å². The van der Waals surface area contributed by atoms with Crippen molar-refractivity contribution in [3.8, 4) is 11.4 Å². The second-order valence-electron chi connectivity index (χ2n) is 6.08. The highest BCUT2D eigenvalue weighted by molar-refractivity contribution is 7.99. The predicted octanol–water partition coefficient (Wildman–Crippen LogP) is 3.70. The third-order valence-corrected chi connectivity index (χ3v) is 5.05. The van der Waals surface area contributed by atoms with E-state index in [2.05, 4.69) is 10.2 Å². The Morgan fingerprint density at radius 1 is 1.24 bits per heavy atom. The van der Waals surface area contributed by atoms with Crippen molar-refractivity contribution in [3.63, 3.8) is 0 Å². The molecular weight excluding hydrogens is 381 g/mol. The first kappa shape index (κ1) is 19.9. The predicted molar refractivity (Wildman–Crippen MR) is 103 cm³/mol. The SMILES string of the molecule is CC(C)N(C(=O)CSc1nnc(-c2cc(Cl)ccc2Cl)n1N)C(C)C. The standard InChI is InChI=1S/C16H21Cl2N5OS/c1-9(2)22(10(3)4)14(24)8-25-16-21-20-15(23(16)19)12-7-11(17)5-6-13(12)18/h5-7,9-10H,8,19H2,1-4H3. The van der Waals surface area contributed by atoms with Crippen molar-refractivity contribution in [1.82, 2.24) is 19.8 Å². The highest BCUT2D eigenvalue weighted by Gasteiger charge is 2.22. The lowest BCUT2D eigenvalue weighted by molar-refractivity contribution is -0.131. The van der Waals surface area contributed by atoms with E-state index >= 15 is 0 Å². The van der Waals surface area contributed by atoms with Crippen LogP contribution in [0.4, 0.5) is 0 Å². The molecule has 1 amide bonds. The molecule has 1 heterocycles. The molecule has 0 bridgehead atoms. The van der Waals surface area contributed by atoms with Crippen LogP contribution in [0.25, 0.3) is 11.4 Å². The van der Waals surface area contributed by atoms with Gasteiger partial charge in [-0.3, -0.25) is 4.79 Å². The fourth-order valence-corrected chi connectivity index (χ4v) is 3.70. The molecule has 0 spiro atoms. The highest BCUT2D eigenvalue weighted by atomic mass is 35.5. The molecule has 0 unspecified atom stereocenters. The molecule has 0 aliphatic heterocycles. The van der Waals surface area contributed by atoms with Crippen LogP contribution in [0.15, 0.2) is 23.4 Å². The maximum absolute atomic E-state index is 12.5. The number of benzene rings is 1. The molecule has 0 aliphatic rings. The zero-order valence-electron chi connectivity index (χ0n) is 14.5. The molecule has 6 nitrogen and oxygen atoms in total. The van der Waals surface area contributed by atoms with Gasteiger partial charge in [0, 0.05) is 22.7 Å². The smallest absolute Gasteiger partial charge is 0.233 e. The van der Waals surface area contributed by atoms with Gasteiger partial charge >= 0.3 is 0 Å². The molecule has 0 atom stereocenters. The molecule has 0 radical (unpaired) electrons. The molecule has 2 N–H and O–H groups in total. The van der Waals surface area contributed by atoms with Gasteiger partial charge in [0.15, 0.2) is 5.82 Å². The number of hydrogen-bond donors (Lipinski definition) is 1. The first-order chi connectivity index (χ1) is 11.7. The van der Waals surface area contributed by atoms with Gasteiger partial charge in [-0.05, 0) is 45.9 Å². The Morgan fingerprint density at radius 3 is 2.48 bits per heavy atom. The van der Waals surface area contributed by atoms with Gasteiger partial charge in [0.2, 0.25) is 11.1 Å². The van der Waals surface area contributed by atoms with Crippen molar-refractivity contribution >= 4 is 40.9 Å². The number of nitrogens with zero attached hydrogens (tertiary/aromatic N) is 4. The van der Waals surface area contributed by atoms with Crippen LogP contribution in [0.1, 0.15) is 27.7 Å². The van der Waals surface area contributed by atoms with Gasteiger partial charge in [0.25, 0.3) is 0 Å². The van der Waals surface area contributed by atoms with E-state index in [0.29, 0.717) is 26.6 Å². The Bertz CT molecular complexity index is 755. The van der Waals surface area contributed by atoms with Crippen LogP contribution in [0, 0.1) is 0 Å². The summed E-state index contributed by atoms with van der Waals surface area (Å²) >= 11 is 13.4. The van der Waals surface area contributed by atoms with Gasteiger partial charge in [-0.1, -0.05) is 35.0 Å². The lowest BCUT2D eigenvalue weighted by atomic mass is 10.2. The number of carbonyl (C=O) groups excluding carboxylic acids is 1. The van der Waals surface area contributed by atoms with E-state index in [-0.39, 0.29) is 23.7 Å². The summed E-state index contributed by atoms with van der Waals surface area (Å²) in [5.41, 5.74) is 0.591. The molecule has 1 aromatic heterocycles. The summed E-state index contributed by atoms with van der Waals surface area (Å²) in [6, 6.07) is 5.30. The molecule has 0 fully saturated rings. The van der Waals surface area contributed by atoms with E-state index in [9.17, 15) is 4.79 Å². The van der Waals surface area contributed by atoms with Crippen LogP contribution in [0.2, 0.25) is 10.0 Å². The number of amides is 1. The normalized spacial score (nSPS) is 11.4. The van der Waals surface area contributed by atoms with E-state index in [1.807, 2.05) is 32.6 Å². The van der Waals surface area contributed by atoms with Gasteiger partial charge in [0.1, 0.15) is 0 Å². The molecule has 2 rings (SSSR count). The van der Waals surface area contributed by atoms with Gasteiger partial charge < -0.3 is 10.7 Å². The maximum Gasteiger partial charge on any atom is 0.233 e. The van der Waals surface area contributed by atoms with Gasteiger partial charge in [-0.15, -0.1) is 10.2 Å². The molecule has 136 valence electrons. The Morgan fingerprint density at radius 2 is 1.88 bits per heavy atom. The molecule has 1 aromatic carbocycles.